The van der Waals surface area contributed by atoms with Gasteiger partial charge in [-0.3, -0.25) is 4.57 Å². The van der Waals surface area contributed by atoms with Gasteiger partial charge in [0.1, 0.15) is 5.75 Å². The lowest BCUT2D eigenvalue weighted by Crippen LogP contribution is -2.25. The van der Waals surface area contributed by atoms with Crippen molar-refractivity contribution in [2.75, 3.05) is 6.61 Å². The molecule has 0 atom stereocenters. The predicted octanol–water partition coefficient (Wildman–Crippen LogP) is 4.88. The molecule has 0 aliphatic carbocycles. The van der Waals surface area contributed by atoms with Gasteiger partial charge >= 0.3 is 11.4 Å². The lowest BCUT2D eigenvalue weighted by molar-refractivity contribution is 0.301. The van der Waals surface area contributed by atoms with Crippen LogP contribution in [0.3, 0.4) is 0 Å². The number of ether oxygens (including phenoxy) is 1. The molecule has 0 unspecified atom stereocenters. The summed E-state index contributed by atoms with van der Waals surface area (Å²) in [5.74, 6) is 0.0414. The van der Waals surface area contributed by atoms with E-state index in [2.05, 4.69) is 15.9 Å². The van der Waals surface area contributed by atoms with Crippen LogP contribution in [0.2, 0.25) is 10.0 Å². The minimum Gasteiger partial charge on any atom is -0.494 e. The summed E-state index contributed by atoms with van der Waals surface area (Å²) in [6.07, 6.45) is 1.37. The molecule has 0 saturated heterocycles. The molecule has 0 spiro atoms. The molecule has 5 nitrogen and oxygen atoms in total. The van der Waals surface area contributed by atoms with Gasteiger partial charge in [0.25, 0.3) is 0 Å². The Morgan fingerprint density at radius 1 is 1.08 bits per heavy atom. The van der Waals surface area contributed by atoms with Crippen LogP contribution in [0.15, 0.2) is 54.9 Å². The molecule has 0 bridgehead atoms. The average molecular weight is 459 g/mol. The second-order valence-corrected chi connectivity index (χ2v) is 7.36. The number of benzene rings is 2. The van der Waals surface area contributed by atoms with E-state index >= 15 is 0 Å². The Balaban J connectivity index is 1.70. The standard InChI is InChI=1S/C18H14BrCl2NO4/c19-11-3-5-13(6-4-11)25-8-2-1-7-22-16-14(17(23)26-18(22)24)9-12(20)10-15(16)21/h3-6,9-10H,1-2,7-8H2. The first kappa shape index (κ1) is 19.0. The molecule has 0 fully saturated rings. The van der Waals surface area contributed by atoms with E-state index in [9.17, 15) is 9.59 Å². The lowest BCUT2D eigenvalue weighted by atomic mass is 10.2. The zero-order chi connectivity index (χ0) is 18.7. The molecule has 136 valence electrons. The second kappa shape index (κ2) is 8.29. The topological polar surface area (TPSA) is 61.4 Å². The fourth-order valence-corrected chi connectivity index (χ4v) is 3.43. The number of rotatable bonds is 6. The SMILES string of the molecule is O=c1oc(=O)n(CCCCOc2ccc(Br)cc2)c2c(Cl)cc(Cl)cc12. The molecule has 26 heavy (non-hydrogen) atoms. The number of nitrogens with zero attached hydrogens (tertiary/aromatic N) is 1. The molecule has 3 aromatic rings. The van der Waals surface area contributed by atoms with Crippen LogP contribution in [0, 0.1) is 0 Å². The minimum atomic E-state index is -0.746. The fourth-order valence-electron chi connectivity index (χ4n) is 2.57. The normalized spacial score (nSPS) is 11.0. The third-order valence-corrected chi connectivity index (χ3v) is 4.81. The number of halogens is 3. The molecule has 1 heterocycles. The van der Waals surface area contributed by atoms with Crippen molar-refractivity contribution < 1.29 is 9.15 Å². The Bertz CT molecular complexity index is 1040. The molecular weight excluding hydrogens is 445 g/mol. The quantitative estimate of drug-likeness (QED) is 0.493. The van der Waals surface area contributed by atoms with Crippen molar-refractivity contribution >= 4 is 50.0 Å². The van der Waals surface area contributed by atoms with Crippen LogP contribution < -0.4 is 16.1 Å². The summed E-state index contributed by atoms with van der Waals surface area (Å²) in [6, 6.07) is 10.5. The number of aryl methyl sites for hydroxylation is 1. The Kier molecular flexibility index (Phi) is 6.06. The molecule has 0 amide bonds. The highest BCUT2D eigenvalue weighted by Crippen LogP contribution is 2.25. The smallest absolute Gasteiger partial charge is 0.422 e. The molecule has 0 aliphatic heterocycles. The number of fused-ring (bicyclic) bond motifs is 1. The van der Waals surface area contributed by atoms with Gasteiger partial charge < -0.3 is 9.15 Å². The monoisotopic (exact) mass is 457 g/mol. The van der Waals surface area contributed by atoms with Gasteiger partial charge in [-0.05, 0) is 49.2 Å². The molecule has 1 aromatic heterocycles. The minimum absolute atomic E-state index is 0.188. The summed E-state index contributed by atoms with van der Waals surface area (Å²) >= 11 is 15.5. The van der Waals surface area contributed by atoms with Crippen LogP contribution in [-0.4, -0.2) is 11.2 Å². The van der Waals surface area contributed by atoms with E-state index in [0.717, 1.165) is 10.2 Å². The second-order valence-electron chi connectivity index (χ2n) is 5.60. The van der Waals surface area contributed by atoms with Gasteiger partial charge in [-0.2, -0.15) is 0 Å². The van der Waals surface area contributed by atoms with Gasteiger partial charge in [0.05, 0.1) is 22.5 Å². The van der Waals surface area contributed by atoms with Crippen molar-refractivity contribution in [1.29, 1.82) is 0 Å². The van der Waals surface area contributed by atoms with Crippen LogP contribution >= 0.6 is 39.1 Å². The Labute approximate surface area is 167 Å². The summed E-state index contributed by atoms with van der Waals surface area (Å²) in [5.41, 5.74) is -0.407. The van der Waals surface area contributed by atoms with Crippen LogP contribution in [0.5, 0.6) is 5.75 Å². The predicted molar refractivity (Wildman–Crippen MR) is 106 cm³/mol. The maximum Gasteiger partial charge on any atom is 0.422 e. The first-order chi connectivity index (χ1) is 12.5. The molecular formula is C18H14BrCl2NO4. The van der Waals surface area contributed by atoms with Gasteiger partial charge in [-0.1, -0.05) is 39.1 Å². The maximum atomic E-state index is 12.1. The lowest BCUT2D eigenvalue weighted by Gasteiger charge is -2.11. The fraction of sp³-hybridized carbons (Fsp3) is 0.222. The van der Waals surface area contributed by atoms with Crippen molar-refractivity contribution in [1.82, 2.24) is 4.57 Å². The number of aromatic nitrogens is 1. The average Bonchev–Trinajstić information content (AvgIpc) is 2.59. The van der Waals surface area contributed by atoms with Gasteiger partial charge in [0.2, 0.25) is 0 Å². The van der Waals surface area contributed by atoms with E-state index in [1.165, 1.54) is 16.7 Å². The van der Waals surface area contributed by atoms with E-state index in [-0.39, 0.29) is 10.4 Å². The molecule has 0 radical (unpaired) electrons. The van der Waals surface area contributed by atoms with Crippen LogP contribution in [-0.2, 0) is 6.54 Å². The molecule has 0 aliphatic rings. The van der Waals surface area contributed by atoms with Crippen molar-refractivity contribution in [3.05, 3.63) is 71.9 Å². The summed E-state index contributed by atoms with van der Waals surface area (Å²) in [6.45, 7) is 0.856. The van der Waals surface area contributed by atoms with E-state index in [4.69, 9.17) is 32.4 Å². The molecule has 0 N–H and O–H groups in total. The van der Waals surface area contributed by atoms with E-state index in [1.54, 1.807) is 0 Å². The van der Waals surface area contributed by atoms with Gasteiger partial charge in [0.15, 0.2) is 0 Å². The third kappa shape index (κ3) is 4.31. The highest BCUT2D eigenvalue weighted by Gasteiger charge is 2.13. The zero-order valence-corrected chi connectivity index (χ0v) is 16.6. The highest BCUT2D eigenvalue weighted by molar-refractivity contribution is 9.10. The van der Waals surface area contributed by atoms with E-state index in [1.807, 2.05) is 24.3 Å². The Morgan fingerprint density at radius 2 is 1.81 bits per heavy atom. The number of hydrogen-bond donors (Lipinski definition) is 0. The van der Waals surface area contributed by atoms with E-state index < -0.39 is 11.4 Å². The van der Waals surface area contributed by atoms with Crippen LogP contribution in [0.1, 0.15) is 12.8 Å². The van der Waals surface area contributed by atoms with Crippen molar-refractivity contribution in [2.24, 2.45) is 0 Å². The van der Waals surface area contributed by atoms with Gasteiger partial charge in [0, 0.05) is 16.0 Å². The largest absolute Gasteiger partial charge is 0.494 e. The third-order valence-electron chi connectivity index (χ3n) is 3.78. The first-order valence-corrected chi connectivity index (χ1v) is 9.41. The van der Waals surface area contributed by atoms with Crippen molar-refractivity contribution in [3.8, 4) is 5.75 Å². The van der Waals surface area contributed by atoms with Crippen LogP contribution in [0.4, 0.5) is 0 Å². The molecule has 2 aromatic carbocycles. The van der Waals surface area contributed by atoms with Crippen molar-refractivity contribution in [2.45, 2.75) is 19.4 Å². The summed E-state index contributed by atoms with van der Waals surface area (Å²) in [5, 5.41) is 0.736. The summed E-state index contributed by atoms with van der Waals surface area (Å²) < 4.78 is 12.8. The van der Waals surface area contributed by atoms with Crippen molar-refractivity contribution in [3.63, 3.8) is 0 Å². The molecule has 3 rings (SSSR count). The first-order valence-electron chi connectivity index (χ1n) is 7.87. The molecule has 0 saturated carbocycles. The van der Waals surface area contributed by atoms with Crippen LogP contribution in [0.25, 0.3) is 10.9 Å². The Hall–Kier alpha value is -1.76. The molecule has 8 heteroatoms. The van der Waals surface area contributed by atoms with Gasteiger partial charge in [-0.15, -0.1) is 0 Å². The zero-order valence-electron chi connectivity index (χ0n) is 13.5. The summed E-state index contributed by atoms with van der Waals surface area (Å²) in [7, 11) is 0. The number of unbranched alkanes of at least 4 members (excludes halogenated alkanes) is 1. The Morgan fingerprint density at radius 3 is 2.54 bits per heavy atom. The summed E-state index contributed by atoms with van der Waals surface area (Å²) in [4.78, 5) is 24.0. The number of hydrogen-bond acceptors (Lipinski definition) is 4. The van der Waals surface area contributed by atoms with Gasteiger partial charge in [-0.25, -0.2) is 9.59 Å². The maximum absolute atomic E-state index is 12.1. The van der Waals surface area contributed by atoms with E-state index in [0.29, 0.717) is 36.5 Å². The highest BCUT2D eigenvalue weighted by atomic mass is 79.9.